The van der Waals surface area contributed by atoms with Gasteiger partial charge < -0.3 is 9.47 Å². The van der Waals surface area contributed by atoms with Crippen LogP contribution in [0.5, 0.6) is 5.75 Å². The predicted molar refractivity (Wildman–Crippen MR) is 74.6 cm³/mol. The number of aldehydes is 1. The SMILES string of the molecule is COCCOc1ccccc1-c1ccc(C=O)c(F)c1. The van der Waals surface area contributed by atoms with Crippen LogP contribution in [-0.4, -0.2) is 26.6 Å². The maximum Gasteiger partial charge on any atom is 0.152 e. The van der Waals surface area contributed by atoms with E-state index in [2.05, 4.69) is 0 Å². The van der Waals surface area contributed by atoms with E-state index in [-0.39, 0.29) is 5.56 Å². The summed E-state index contributed by atoms with van der Waals surface area (Å²) in [5.41, 5.74) is 1.49. The van der Waals surface area contributed by atoms with Crippen molar-refractivity contribution < 1.29 is 18.7 Å². The Hall–Kier alpha value is -2.20. The van der Waals surface area contributed by atoms with Gasteiger partial charge in [-0.2, -0.15) is 0 Å². The lowest BCUT2D eigenvalue weighted by Gasteiger charge is -2.11. The predicted octanol–water partition coefficient (Wildman–Crippen LogP) is 3.33. The number of carbonyl (C=O) groups excluding carboxylic acids is 1. The molecule has 3 nitrogen and oxygen atoms in total. The summed E-state index contributed by atoms with van der Waals surface area (Å²) in [4.78, 5) is 10.6. The van der Waals surface area contributed by atoms with Gasteiger partial charge in [0.2, 0.25) is 0 Å². The smallest absolute Gasteiger partial charge is 0.152 e. The molecule has 0 aromatic heterocycles. The normalized spacial score (nSPS) is 10.3. The van der Waals surface area contributed by atoms with Crippen LogP contribution in [-0.2, 0) is 4.74 Å². The van der Waals surface area contributed by atoms with Crippen molar-refractivity contribution in [1.29, 1.82) is 0 Å². The van der Waals surface area contributed by atoms with Crippen LogP contribution in [0.1, 0.15) is 10.4 Å². The van der Waals surface area contributed by atoms with Crippen molar-refractivity contribution in [3.05, 3.63) is 53.8 Å². The van der Waals surface area contributed by atoms with Gasteiger partial charge in [0.1, 0.15) is 18.2 Å². The van der Waals surface area contributed by atoms with Gasteiger partial charge in [-0.25, -0.2) is 4.39 Å². The molecule has 20 heavy (non-hydrogen) atoms. The van der Waals surface area contributed by atoms with E-state index in [9.17, 15) is 9.18 Å². The lowest BCUT2D eigenvalue weighted by molar-refractivity contribution is 0.112. The van der Waals surface area contributed by atoms with E-state index in [0.29, 0.717) is 30.8 Å². The maximum atomic E-state index is 13.7. The summed E-state index contributed by atoms with van der Waals surface area (Å²) in [6.07, 6.45) is 0.500. The van der Waals surface area contributed by atoms with Crippen LogP contribution in [0.4, 0.5) is 4.39 Å². The van der Waals surface area contributed by atoms with Crippen LogP contribution in [0.3, 0.4) is 0 Å². The molecule has 0 saturated carbocycles. The minimum Gasteiger partial charge on any atom is -0.491 e. The third-order valence-corrected chi connectivity index (χ3v) is 2.87. The van der Waals surface area contributed by atoms with Gasteiger partial charge >= 0.3 is 0 Å². The van der Waals surface area contributed by atoms with Crippen LogP contribution >= 0.6 is 0 Å². The minimum absolute atomic E-state index is 0.0477. The van der Waals surface area contributed by atoms with Crippen molar-refractivity contribution in [2.24, 2.45) is 0 Å². The number of rotatable bonds is 6. The van der Waals surface area contributed by atoms with E-state index >= 15 is 0 Å². The molecule has 0 spiro atoms. The average Bonchev–Trinajstić information content (AvgIpc) is 2.48. The summed E-state index contributed by atoms with van der Waals surface area (Å²) in [6.45, 7) is 0.898. The van der Waals surface area contributed by atoms with Gasteiger partial charge in [-0.15, -0.1) is 0 Å². The Kier molecular flexibility index (Phi) is 4.85. The molecule has 104 valence electrons. The summed E-state index contributed by atoms with van der Waals surface area (Å²) in [5.74, 6) is 0.118. The number of para-hydroxylation sites is 1. The first-order valence-corrected chi connectivity index (χ1v) is 6.22. The Balaban J connectivity index is 2.32. The largest absolute Gasteiger partial charge is 0.491 e. The fourth-order valence-corrected chi connectivity index (χ4v) is 1.86. The topological polar surface area (TPSA) is 35.5 Å². The molecular weight excluding hydrogens is 259 g/mol. The molecule has 0 saturated heterocycles. The molecule has 0 unspecified atom stereocenters. The lowest BCUT2D eigenvalue weighted by Crippen LogP contribution is -2.05. The van der Waals surface area contributed by atoms with Crippen molar-refractivity contribution in [1.82, 2.24) is 0 Å². The van der Waals surface area contributed by atoms with Crippen LogP contribution < -0.4 is 4.74 Å². The van der Waals surface area contributed by atoms with E-state index in [4.69, 9.17) is 9.47 Å². The number of halogens is 1. The van der Waals surface area contributed by atoms with Crippen molar-refractivity contribution in [2.45, 2.75) is 0 Å². The number of ether oxygens (including phenoxy) is 2. The first-order chi connectivity index (χ1) is 9.76. The lowest BCUT2D eigenvalue weighted by atomic mass is 10.0. The minimum atomic E-state index is -0.538. The van der Waals surface area contributed by atoms with Gasteiger partial charge in [0, 0.05) is 12.7 Å². The van der Waals surface area contributed by atoms with E-state index in [0.717, 1.165) is 5.56 Å². The van der Waals surface area contributed by atoms with Crippen LogP contribution in [0, 0.1) is 5.82 Å². The molecular formula is C16H15FO3. The first kappa shape index (κ1) is 14.2. The molecule has 0 amide bonds. The second kappa shape index (κ2) is 6.82. The van der Waals surface area contributed by atoms with Crippen LogP contribution in [0.15, 0.2) is 42.5 Å². The zero-order valence-electron chi connectivity index (χ0n) is 11.1. The van der Waals surface area contributed by atoms with E-state index < -0.39 is 5.82 Å². The quantitative estimate of drug-likeness (QED) is 0.598. The number of hydrogen-bond donors (Lipinski definition) is 0. The van der Waals surface area contributed by atoms with Crippen molar-refractivity contribution in [2.75, 3.05) is 20.3 Å². The molecule has 0 fully saturated rings. The van der Waals surface area contributed by atoms with Gasteiger partial charge in [-0.05, 0) is 23.8 Å². The standard InChI is InChI=1S/C16H15FO3/c1-19-8-9-20-16-5-3-2-4-14(16)12-6-7-13(11-18)15(17)10-12/h2-7,10-11H,8-9H2,1H3. The van der Waals surface area contributed by atoms with E-state index in [1.165, 1.54) is 12.1 Å². The average molecular weight is 274 g/mol. The van der Waals surface area contributed by atoms with E-state index in [1.807, 2.05) is 24.3 Å². The van der Waals surface area contributed by atoms with Gasteiger partial charge in [-0.1, -0.05) is 24.3 Å². The molecule has 2 aromatic carbocycles. The molecule has 0 atom stereocenters. The second-order valence-electron chi connectivity index (χ2n) is 4.19. The molecule has 2 rings (SSSR count). The fraction of sp³-hybridized carbons (Fsp3) is 0.188. The van der Waals surface area contributed by atoms with Crippen molar-refractivity contribution in [3.8, 4) is 16.9 Å². The number of carbonyl (C=O) groups is 1. The highest BCUT2D eigenvalue weighted by molar-refractivity contribution is 5.78. The molecule has 0 aliphatic carbocycles. The number of methoxy groups -OCH3 is 1. The molecule has 0 heterocycles. The highest BCUT2D eigenvalue weighted by Gasteiger charge is 2.09. The molecule has 0 bridgehead atoms. The molecule has 0 aliphatic rings. The highest BCUT2D eigenvalue weighted by Crippen LogP contribution is 2.30. The molecule has 0 N–H and O–H groups in total. The second-order valence-corrected chi connectivity index (χ2v) is 4.19. The van der Waals surface area contributed by atoms with Crippen molar-refractivity contribution in [3.63, 3.8) is 0 Å². The third kappa shape index (κ3) is 3.22. The van der Waals surface area contributed by atoms with Gasteiger partial charge in [0.15, 0.2) is 6.29 Å². The van der Waals surface area contributed by atoms with Crippen LogP contribution in [0.25, 0.3) is 11.1 Å². The van der Waals surface area contributed by atoms with Gasteiger partial charge in [0.05, 0.1) is 12.2 Å². The van der Waals surface area contributed by atoms with E-state index in [1.54, 1.807) is 13.2 Å². The third-order valence-electron chi connectivity index (χ3n) is 2.87. The monoisotopic (exact) mass is 274 g/mol. The Morgan fingerprint density at radius 2 is 1.95 bits per heavy atom. The molecule has 0 radical (unpaired) electrons. The summed E-state index contributed by atoms with van der Waals surface area (Å²) in [6, 6.07) is 11.9. The Labute approximate surface area is 117 Å². The molecule has 0 aliphatic heterocycles. The summed E-state index contributed by atoms with van der Waals surface area (Å²) in [5, 5.41) is 0. The van der Waals surface area contributed by atoms with Crippen LogP contribution in [0.2, 0.25) is 0 Å². The number of benzene rings is 2. The first-order valence-electron chi connectivity index (χ1n) is 6.22. The van der Waals surface area contributed by atoms with Crippen molar-refractivity contribution >= 4 is 6.29 Å². The number of hydrogen-bond acceptors (Lipinski definition) is 3. The highest BCUT2D eigenvalue weighted by atomic mass is 19.1. The Morgan fingerprint density at radius 1 is 1.15 bits per heavy atom. The van der Waals surface area contributed by atoms with Gasteiger partial charge in [-0.3, -0.25) is 4.79 Å². The zero-order chi connectivity index (χ0) is 14.4. The molecule has 4 heteroatoms. The Bertz CT molecular complexity index is 596. The Morgan fingerprint density at radius 3 is 2.65 bits per heavy atom. The maximum absolute atomic E-state index is 13.7. The summed E-state index contributed by atoms with van der Waals surface area (Å²) in [7, 11) is 1.60. The fourth-order valence-electron chi connectivity index (χ4n) is 1.86. The molecule has 2 aromatic rings. The summed E-state index contributed by atoms with van der Waals surface area (Å²) >= 11 is 0. The summed E-state index contributed by atoms with van der Waals surface area (Å²) < 4.78 is 24.2. The van der Waals surface area contributed by atoms with Gasteiger partial charge in [0.25, 0.3) is 0 Å². The zero-order valence-corrected chi connectivity index (χ0v) is 11.1.